The van der Waals surface area contributed by atoms with E-state index in [1.165, 1.54) is 4.90 Å². The van der Waals surface area contributed by atoms with Crippen LogP contribution in [0, 0.1) is 0 Å². The summed E-state index contributed by atoms with van der Waals surface area (Å²) in [6, 6.07) is 8.57. The molecule has 1 heterocycles. The SMILES string of the molecule is O=C(CCN1C(=O)NC2(CCCC2)C1=O)c1ccccc1. The van der Waals surface area contributed by atoms with Gasteiger partial charge in [-0.1, -0.05) is 43.2 Å². The van der Waals surface area contributed by atoms with Crippen molar-refractivity contribution in [1.82, 2.24) is 10.2 Å². The highest BCUT2D eigenvalue weighted by Crippen LogP contribution is 2.35. The number of amides is 3. The van der Waals surface area contributed by atoms with E-state index in [9.17, 15) is 14.4 Å². The number of carbonyl (C=O) groups excluding carboxylic acids is 3. The number of nitrogens with one attached hydrogen (secondary N) is 1. The van der Waals surface area contributed by atoms with Crippen molar-refractivity contribution < 1.29 is 14.4 Å². The van der Waals surface area contributed by atoms with E-state index in [0.717, 1.165) is 12.8 Å². The third kappa shape index (κ3) is 2.44. The molecule has 0 atom stereocenters. The highest BCUT2D eigenvalue weighted by molar-refractivity contribution is 6.07. The van der Waals surface area contributed by atoms with Gasteiger partial charge in [-0.15, -0.1) is 0 Å². The maximum absolute atomic E-state index is 12.4. The number of carbonyl (C=O) groups is 3. The van der Waals surface area contributed by atoms with E-state index in [1.54, 1.807) is 24.3 Å². The molecule has 0 radical (unpaired) electrons. The van der Waals surface area contributed by atoms with Crippen LogP contribution in [0.25, 0.3) is 0 Å². The van der Waals surface area contributed by atoms with Crippen LogP contribution < -0.4 is 5.32 Å². The van der Waals surface area contributed by atoms with E-state index in [1.807, 2.05) is 6.07 Å². The van der Waals surface area contributed by atoms with Crippen molar-refractivity contribution in [3.05, 3.63) is 35.9 Å². The summed E-state index contributed by atoms with van der Waals surface area (Å²) in [7, 11) is 0. The molecule has 3 amide bonds. The number of nitrogens with zero attached hydrogens (tertiary/aromatic N) is 1. The Hall–Kier alpha value is -2.17. The van der Waals surface area contributed by atoms with E-state index in [0.29, 0.717) is 18.4 Å². The van der Waals surface area contributed by atoms with Gasteiger partial charge in [-0.3, -0.25) is 14.5 Å². The van der Waals surface area contributed by atoms with Crippen molar-refractivity contribution in [2.75, 3.05) is 6.54 Å². The van der Waals surface area contributed by atoms with Gasteiger partial charge >= 0.3 is 6.03 Å². The first-order valence-corrected chi connectivity index (χ1v) is 7.35. The van der Waals surface area contributed by atoms with Gasteiger partial charge < -0.3 is 5.32 Å². The van der Waals surface area contributed by atoms with Crippen LogP contribution in [0.3, 0.4) is 0 Å². The Balaban J connectivity index is 1.64. The zero-order chi connectivity index (χ0) is 14.9. The fourth-order valence-electron chi connectivity index (χ4n) is 3.18. The molecule has 0 aromatic heterocycles. The lowest BCUT2D eigenvalue weighted by Crippen LogP contribution is -2.44. The van der Waals surface area contributed by atoms with Crippen molar-refractivity contribution in [3.63, 3.8) is 0 Å². The third-order valence-corrected chi connectivity index (χ3v) is 4.36. The molecule has 21 heavy (non-hydrogen) atoms. The molecule has 1 aliphatic heterocycles. The number of ketones is 1. The van der Waals surface area contributed by atoms with Gasteiger partial charge in [0.1, 0.15) is 5.54 Å². The van der Waals surface area contributed by atoms with Crippen LogP contribution in [-0.4, -0.2) is 34.7 Å². The van der Waals surface area contributed by atoms with Crippen molar-refractivity contribution in [2.45, 2.75) is 37.6 Å². The van der Waals surface area contributed by atoms with Crippen LogP contribution in [0.15, 0.2) is 30.3 Å². The molecule has 1 aromatic rings. The minimum atomic E-state index is -0.688. The van der Waals surface area contributed by atoms with Crippen LogP contribution in [-0.2, 0) is 4.79 Å². The van der Waals surface area contributed by atoms with E-state index in [-0.39, 0.29) is 30.7 Å². The van der Waals surface area contributed by atoms with E-state index < -0.39 is 5.54 Å². The van der Waals surface area contributed by atoms with Gasteiger partial charge in [-0.25, -0.2) is 4.79 Å². The summed E-state index contributed by atoms with van der Waals surface area (Å²) in [5, 5.41) is 2.82. The van der Waals surface area contributed by atoms with Crippen LogP contribution in [0.4, 0.5) is 4.79 Å². The monoisotopic (exact) mass is 286 g/mol. The van der Waals surface area contributed by atoms with Crippen LogP contribution in [0.5, 0.6) is 0 Å². The molecular weight excluding hydrogens is 268 g/mol. The number of rotatable bonds is 4. The van der Waals surface area contributed by atoms with Gasteiger partial charge in [0.15, 0.2) is 5.78 Å². The zero-order valence-electron chi connectivity index (χ0n) is 11.8. The van der Waals surface area contributed by atoms with Gasteiger partial charge in [0.2, 0.25) is 0 Å². The Morgan fingerprint density at radius 1 is 1.14 bits per heavy atom. The van der Waals surface area contributed by atoms with E-state index in [2.05, 4.69) is 5.32 Å². The summed E-state index contributed by atoms with van der Waals surface area (Å²) >= 11 is 0. The fourth-order valence-corrected chi connectivity index (χ4v) is 3.18. The second-order valence-corrected chi connectivity index (χ2v) is 5.72. The molecule has 5 heteroatoms. The number of urea groups is 1. The molecule has 0 bridgehead atoms. The summed E-state index contributed by atoms with van der Waals surface area (Å²) in [6.45, 7) is 0.153. The highest BCUT2D eigenvalue weighted by Gasteiger charge is 2.52. The van der Waals surface area contributed by atoms with Crippen molar-refractivity contribution in [1.29, 1.82) is 0 Å². The Bertz CT molecular complexity index is 576. The van der Waals surface area contributed by atoms with Crippen LogP contribution >= 0.6 is 0 Å². The predicted octanol–water partition coefficient (Wildman–Crippen LogP) is 2.12. The molecule has 2 fully saturated rings. The molecule has 2 aliphatic rings. The number of benzene rings is 1. The standard InChI is InChI=1S/C16H18N2O3/c19-13(12-6-2-1-3-7-12)8-11-18-14(20)16(17-15(18)21)9-4-5-10-16/h1-3,6-7H,4-5,8-11H2,(H,17,21). The second-order valence-electron chi connectivity index (χ2n) is 5.72. The summed E-state index contributed by atoms with van der Waals surface area (Å²) in [6.07, 6.45) is 3.51. The Kier molecular flexibility index (Phi) is 3.49. The number of Topliss-reactive ketones (excluding diaryl/α,β-unsaturated/α-hetero) is 1. The first-order valence-electron chi connectivity index (χ1n) is 7.35. The van der Waals surface area contributed by atoms with Crippen molar-refractivity contribution in [2.24, 2.45) is 0 Å². The molecule has 1 saturated heterocycles. The van der Waals surface area contributed by atoms with Gasteiger partial charge in [0.25, 0.3) is 5.91 Å². The smallest absolute Gasteiger partial charge is 0.323 e. The fraction of sp³-hybridized carbons (Fsp3) is 0.438. The summed E-state index contributed by atoms with van der Waals surface area (Å²) in [5.74, 6) is -0.213. The number of imide groups is 1. The van der Waals surface area contributed by atoms with E-state index in [4.69, 9.17) is 0 Å². The largest absolute Gasteiger partial charge is 0.325 e. The molecule has 1 saturated carbocycles. The zero-order valence-corrected chi connectivity index (χ0v) is 11.8. The average molecular weight is 286 g/mol. The summed E-state index contributed by atoms with van der Waals surface area (Å²) in [4.78, 5) is 37.7. The second kappa shape index (κ2) is 5.31. The Morgan fingerprint density at radius 2 is 1.81 bits per heavy atom. The summed E-state index contributed by atoms with van der Waals surface area (Å²) < 4.78 is 0. The Labute approximate surface area is 123 Å². The number of hydrogen-bond acceptors (Lipinski definition) is 3. The predicted molar refractivity (Wildman–Crippen MR) is 76.8 cm³/mol. The quantitative estimate of drug-likeness (QED) is 0.681. The van der Waals surface area contributed by atoms with Gasteiger partial charge in [0.05, 0.1) is 0 Å². The lowest BCUT2D eigenvalue weighted by atomic mass is 9.98. The minimum Gasteiger partial charge on any atom is -0.323 e. The first kappa shape index (κ1) is 13.8. The molecule has 1 N–H and O–H groups in total. The van der Waals surface area contributed by atoms with Crippen LogP contribution in [0.1, 0.15) is 42.5 Å². The normalized spacial score (nSPS) is 20.1. The molecule has 1 aromatic carbocycles. The van der Waals surface area contributed by atoms with Crippen molar-refractivity contribution in [3.8, 4) is 0 Å². The average Bonchev–Trinajstić information content (AvgIpc) is 3.05. The summed E-state index contributed by atoms with van der Waals surface area (Å²) in [5.41, 5.74) is -0.0764. The van der Waals surface area contributed by atoms with E-state index >= 15 is 0 Å². The minimum absolute atomic E-state index is 0.0522. The maximum atomic E-state index is 12.4. The molecule has 1 aliphatic carbocycles. The molecule has 1 spiro atoms. The molecule has 3 rings (SSSR count). The molecule has 110 valence electrons. The lowest BCUT2D eigenvalue weighted by molar-refractivity contribution is -0.131. The molecule has 5 nitrogen and oxygen atoms in total. The van der Waals surface area contributed by atoms with Gasteiger partial charge in [-0.2, -0.15) is 0 Å². The maximum Gasteiger partial charge on any atom is 0.325 e. The van der Waals surface area contributed by atoms with Crippen molar-refractivity contribution >= 4 is 17.7 Å². The lowest BCUT2D eigenvalue weighted by Gasteiger charge is -2.19. The first-order chi connectivity index (χ1) is 10.1. The Morgan fingerprint density at radius 3 is 2.48 bits per heavy atom. The molecular formula is C16H18N2O3. The topological polar surface area (TPSA) is 66.5 Å². The van der Waals surface area contributed by atoms with Crippen LogP contribution in [0.2, 0.25) is 0 Å². The van der Waals surface area contributed by atoms with Gasteiger partial charge in [-0.05, 0) is 12.8 Å². The molecule has 0 unspecified atom stereocenters. The number of hydrogen-bond donors (Lipinski definition) is 1. The van der Waals surface area contributed by atoms with Gasteiger partial charge in [0, 0.05) is 18.5 Å². The highest BCUT2D eigenvalue weighted by atomic mass is 16.2. The third-order valence-electron chi connectivity index (χ3n) is 4.36.